The van der Waals surface area contributed by atoms with Crippen LogP contribution in [0.25, 0.3) is 0 Å². The third-order valence-corrected chi connectivity index (χ3v) is 18.0. The Morgan fingerprint density at radius 2 is 1.22 bits per heavy atom. The van der Waals surface area contributed by atoms with Crippen LogP contribution < -0.4 is 0 Å². The zero-order valence-electron chi connectivity index (χ0n) is 35.7. The molecule has 15 nitrogen and oxygen atoms in total. The molecule has 0 aromatic rings. The van der Waals surface area contributed by atoms with Crippen LogP contribution in [-0.4, -0.2) is 151 Å². The maximum atomic E-state index is 12.3. The van der Waals surface area contributed by atoms with Crippen molar-refractivity contribution in [3.05, 3.63) is 0 Å². The molecule has 0 radical (unpaired) electrons. The Bertz CT molecular complexity index is 1530. The van der Waals surface area contributed by atoms with Crippen molar-refractivity contribution in [1.82, 2.24) is 0 Å². The molecule has 9 N–H and O–H groups in total. The third-order valence-electron chi connectivity index (χ3n) is 18.0. The molecule has 2 heterocycles. The highest BCUT2D eigenvalue weighted by atomic mass is 16.7. The number of ether oxygens (including phenoxy) is 5. The highest BCUT2D eigenvalue weighted by Crippen LogP contribution is 2.78. The SMILES string of the molecule is CC(=O)O[C@H]1CO[C@@H](O[C@@H]2C[C@]3(C)[C@H](CC[C@@H]4[C@@]5(C)CC[C@H](O)C(C)(C)[C@@H]5[C@@H](O)C[C@]43C)[C@@]3(C)C[C@@H](O[C@@H]4O[C@H](CO)[C@@H](O)[C@H](O)[C@H]4O)[C@H](O)C(C)(C)[C@H]23)[C@H](O)[C@H]1O. The molecule has 7 fully saturated rings. The van der Waals surface area contributed by atoms with E-state index in [1.54, 1.807) is 0 Å². The third kappa shape index (κ3) is 6.49. The van der Waals surface area contributed by atoms with Crippen molar-refractivity contribution in [3.63, 3.8) is 0 Å². The number of aliphatic hydroxyl groups is 9. The van der Waals surface area contributed by atoms with E-state index in [4.69, 9.17) is 23.7 Å². The fraction of sp³-hybridized carbons (Fsp3) is 0.977. The second-order valence-corrected chi connectivity index (χ2v) is 21.7. The molecule has 0 unspecified atom stereocenters. The van der Waals surface area contributed by atoms with Crippen LogP contribution in [0.5, 0.6) is 0 Å². The fourth-order valence-electron chi connectivity index (χ4n) is 15.5. The van der Waals surface area contributed by atoms with Crippen LogP contribution in [0.4, 0.5) is 0 Å². The van der Waals surface area contributed by atoms with E-state index in [1.807, 2.05) is 13.8 Å². The average molecular weight is 829 g/mol. The molecular formula is C43H72O15. The van der Waals surface area contributed by atoms with Gasteiger partial charge in [0.25, 0.3) is 0 Å². The van der Waals surface area contributed by atoms with Gasteiger partial charge in [-0.15, -0.1) is 0 Å². The first-order valence-electron chi connectivity index (χ1n) is 21.6. The van der Waals surface area contributed by atoms with E-state index in [1.165, 1.54) is 6.92 Å². The summed E-state index contributed by atoms with van der Waals surface area (Å²) in [6.45, 7) is 17.5. The number of rotatable bonds is 6. The summed E-state index contributed by atoms with van der Waals surface area (Å²) in [7, 11) is 0. The van der Waals surface area contributed by atoms with Crippen molar-refractivity contribution in [2.45, 2.75) is 193 Å². The maximum Gasteiger partial charge on any atom is 0.303 e. The molecule has 58 heavy (non-hydrogen) atoms. The number of carbonyl (C=O) groups is 1. The van der Waals surface area contributed by atoms with Crippen LogP contribution in [0, 0.1) is 56.2 Å². The standard InChI is InChI=1S/C43H72O15/c1-19(45)55-24-18-54-36(31(51)29(24)49)56-21-16-43(9)26(11-10-25-40(6)13-12-27(47)38(2,3)33(40)20(46)14-42(25,43)8)41(7)15-22(35(53)39(4,5)34(21)41)57-37-32(52)30(50)28(48)23(17-44)58-37/h20-37,44,46-53H,10-18H2,1-9H3/t20-,21+,22+,23+,24-,25+,26+,27-,28+,29-,30-,31+,32+,33-,34-,35-,36-,37+,40+,41+,42+,43+/m0/s1. The number of hydrogen-bond donors (Lipinski definition) is 9. The molecule has 7 rings (SSSR count). The van der Waals surface area contributed by atoms with Gasteiger partial charge in [-0.2, -0.15) is 0 Å². The second-order valence-electron chi connectivity index (χ2n) is 21.7. The van der Waals surface area contributed by atoms with E-state index < -0.39 is 125 Å². The summed E-state index contributed by atoms with van der Waals surface area (Å²) in [6.07, 6.45) is -12.6. The lowest BCUT2D eigenvalue weighted by molar-refractivity contribution is -0.362. The smallest absolute Gasteiger partial charge is 0.303 e. The Hall–Kier alpha value is -1.05. The summed E-state index contributed by atoms with van der Waals surface area (Å²) in [5.41, 5.74) is -3.39. The summed E-state index contributed by atoms with van der Waals surface area (Å²) in [5, 5.41) is 100. The lowest BCUT2D eigenvalue weighted by Crippen LogP contribution is -2.74. The summed E-state index contributed by atoms with van der Waals surface area (Å²) >= 11 is 0. The maximum absolute atomic E-state index is 12.3. The molecule has 22 atom stereocenters. The Kier molecular flexibility index (Phi) is 11.7. The average Bonchev–Trinajstić information content (AvgIpc) is 3.12. The molecular weight excluding hydrogens is 756 g/mol. The van der Waals surface area contributed by atoms with E-state index in [0.29, 0.717) is 19.3 Å². The first-order valence-corrected chi connectivity index (χ1v) is 21.6. The van der Waals surface area contributed by atoms with Gasteiger partial charge >= 0.3 is 5.97 Å². The highest BCUT2D eigenvalue weighted by molar-refractivity contribution is 5.66. The van der Waals surface area contributed by atoms with Crippen molar-refractivity contribution in [2.75, 3.05) is 13.2 Å². The normalized spacial score (nSPS) is 56.2. The second kappa shape index (κ2) is 15.0. The quantitative estimate of drug-likeness (QED) is 0.134. The molecule has 0 bridgehead atoms. The van der Waals surface area contributed by atoms with Crippen molar-refractivity contribution in [1.29, 1.82) is 0 Å². The number of hydrogen-bond acceptors (Lipinski definition) is 15. The monoisotopic (exact) mass is 828 g/mol. The minimum atomic E-state index is -1.66. The molecule has 15 heteroatoms. The Morgan fingerprint density at radius 3 is 1.84 bits per heavy atom. The summed E-state index contributed by atoms with van der Waals surface area (Å²) in [5.74, 6) is -0.972. The summed E-state index contributed by atoms with van der Waals surface area (Å²) in [4.78, 5) is 11.8. The van der Waals surface area contributed by atoms with E-state index in [-0.39, 0.29) is 42.1 Å². The van der Waals surface area contributed by atoms with Crippen molar-refractivity contribution in [2.24, 2.45) is 56.2 Å². The van der Waals surface area contributed by atoms with Gasteiger partial charge in [0.1, 0.15) is 36.6 Å². The molecule has 2 saturated heterocycles. The van der Waals surface area contributed by atoms with Gasteiger partial charge in [0.05, 0.1) is 43.7 Å². The first-order chi connectivity index (χ1) is 26.8. The summed E-state index contributed by atoms with van der Waals surface area (Å²) in [6, 6.07) is 0. The molecule has 7 aliphatic rings. The predicted molar refractivity (Wildman–Crippen MR) is 205 cm³/mol. The van der Waals surface area contributed by atoms with E-state index in [0.717, 1.165) is 19.3 Å². The van der Waals surface area contributed by atoms with Crippen LogP contribution >= 0.6 is 0 Å². The molecule has 0 spiro atoms. The molecule has 334 valence electrons. The number of fused-ring (bicyclic) bond motifs is 7. The van der Waals surface area contributed by atoms with E-state index >= 15 is 0 Å². The zero-order valence-corrected chi connectivity index (χ0v) is 35.7. The van der Waals surface area contributed by atoms with Crippen molar-refractivity contribution < 1.29 is 74.4 Å². The molecule has 5 saturated carbocycles. The van der Waals surface area contributed by atoms with Gasteiger partial charge in [0.15, 0.2) is 18.7 Å². The first kappa shape index (κ1) is 45.0. The van der Waals surface area contributed by atoms with Crippen molar-refractivity contribution in [3.8, 4) is 0 Å². The minimum absolute atomic E-state index is 0.00977. The highest BCUT2D eigenvalue weighted by Gasteiger charge is 2.75. The van der Waals surface area contributed by atoms with Crippen LogP contribution in [0.15, 0.2) is 0 Å². The number of aliphatic hydroxyl groups excluding tert-OH is 9. The van der Waals surface area contributed by atoms with Gasteiger partial charge in [-0.3, -0.25) is 4.79 Å². The van der Waals surface area contributed by atoms with E-state index in [9.17, 15) is 50.8 Å². The zero-order chi connectivity index (χ0) is 42.9. The van der Waals surface area contributed by atoms with Gasteiger partial charge in [-0.25, -0.2) is 0 Å². The molecule has 2 aliphatic heterocycles. The van der Waals surface area contributed by atoms with Crippen LogP contribution in [0.1, 0.15) is 107 Å². The van der Waals surface area contributed by atoms with Crippen molar-refractivity contribution >= 4 is 5.97 Å². The number of carbonyl (C=O) groups excluding carboxylic acids is 1. The van der Waals surface area contributed by atoms with Crippen LogP contribution in [0.3, 0.4) is 0 Å². The largest absolute Gasteiger partial charge is 0.457 e. The molecule has 0 amide bonds. The summed E-state index contributed by atoms with van der Waals surface area (Å²) < 4.78 is 30.4. The lowest BCUT2D eigenvalue weighted by Gasteiger charge is -2.76. The van der Waals surface area contributed by atoms with Gasteiger partial charge < -0.3 is 69.6 Å². The van der Waals surface area contributed by atoms with Gasteiger partial charge in [-0.05, 0) is 101 Å². The van der Waals surface area contributed by atoms with Gasteiger partial charge in [0.2, 0.25) is 0 Å². The minimum Gasteiger partial charge on any atom is -0.457 e. The molecule has 0 aromatic heterocycles. The predicted octanol–water partition coefficient (Wildman–Crippen LogP) is 0.990. The number of esters is 1. The van der Waals surface area contributed by atoms with Gasteiger partial charge in [0, 0.05) is 6.92 Å². The van der Waals surface area contributed by atoms with Crippen LogP contribution in [0.2, 0.25) is 0 Å². The van der Waals surface area contributed by atoms with E-state index in [2.05, 4.69) is 41.5 Å². The Balaban J connectivity index is 1.29. The fourth-order valence-corrected chi connectivity index (χ4v) is 15.5. The topological polar surface area (TPSA) is 245 Å². The molecule has 5 aliphatic carbocycles. The molecule has 0 aromatic carbocycles. The Labute approximate surface area is 342 Å². The van der Waals surface area contributed by atoms with Gasteiger partial charge in [-0.1, -0.05) is 55.4 Å². The Morgan fingerprint density at radius 1 is 0.638 bits per heavy atom. The van der Waals surface area contributed by atoms with Crippen LogP contribution in [-0.2, 0) is 28.5 Å². The lowest BCUT2D eigenvalue weighted by atomic mass is 9.29.